The first kappa shape index (κ1) is 23.2. The molecule has 1 aliphatic heterocycles. The topological polar surface area (TPSA) is 117 Å². The van der Waals surface area contributed by atoms with Gasteiger partial charge in [0.25, 0.3) is 11.8 Å². The minimum absolute atomic E-state index is 0.0141. The molecule has 9 heteroatoms. The largest absolute Gasteiger partial charge is 0.386 e. The molecule has 0 saturated carbocycles. The monoisotopic (exact) mass is 431 g/mol. The second kappa shape index (κ2) is 11.8. The molecule has 30 heavy (non-hydrogen) atoms. The summed E-state index contributed by atoms with van der Waals surface area (Å²) in [6.07, 6.45) is 9.36. The summed E-state index contributed by atoms with van der Waals surface area (Å²) in [7, 11) is 0. The van der Waals surface area contributed by atoms with Gasteiger partial charge >= 0.3 is 0 Å². The number of carbonyl (C=O) groups excluding carboxylic acids is 3. The van der Waals surface area contributed by atoms with Crippen molar-refractivity contribution in [2.24, 2.45) is 10.7 Å². The molecule has 8 nitrogen and oxygen atoms in total. The molecule has 4 N–H and O–H groups in total. The van der Waals surface area contributed by atoms with Gasteiger partial charge in [0.15, 0.2) is 0 Å². The summed E-state index contributed by atoms with van der Waals surface area (Å²) in [6, 6.07) is 4.41. The van der Waals surface area contributed by atoms with E-state index >= 15 is 0 Å². The van der Waals surface area contributed by atoms with Crippen molar-refractivity contribution in [1.82, 2.24) is 15.5 Å². The number of benzene rings is 1. The number of carbonyl (C=O) groups is 3. The summed E-state index contributed by atoms with van der Waals surface area (Å²) >= 11 is 6.22. The number of amides is 3. The van der Waals surface area contributed by atoms with Crippen LogP contribution in [0.4, 0.5) is 0 Å². The Morgan fingerprint density at radius 2 is 2.10 bits per heavy atom. The summed E-state index contributed by atoms with van der Waals surface area (Å²) in [5.41, 5.74) is 6.33. The number of piperazine rings is 1. The number of amidine groups is 1. The number of unbranched alkanes of at least 4 members (excludes halogenated alkanes) is 1. The fourth-order valence-electron chi connectivity index (χ4n) is 2.71. The van der Waals surface area contributed by atoms with E-state index in [-0.39, 0.29) is 47.2 Å². The lowest BCUT2D eigenvalue weighted by Gasteiger charge is -2.27. The summed E-state index contributed by atoms with van der Waals surface area (Å²) in [4.78, 5) is 41.8. The maximum atomic E-state index is 12.6. The average Bonchev–Trinajstić information content (AvgIpc) is 2.74. The Morgan fingerprint density at radius 3 is 2.80 bits per heavy atom. The normalized spacial score (nSPS) is 14.9. The molecule has 1 fully saturated rings. The van der Waals surface area contributed by atoms with Crippen molar-refractivity contribution in [3.8, 4) is 0 Å². The van der Waals surface area contributed by atoms with E-state index in [1.54, 1.807) is 6.20 Å². The number of allylic oxidation sites excluding steroid dienone is 3. The van der Waals surface area contributed by atoms with Crippen molar-refractivity contribution in [1.29, 1.82) is 0 Å². The zero-order chi connectivity index (χ0) is 21.9. The summed E-state index contributed by atoms with van der Waals surface area (Å²) < 4.78 is 0. The van der Waals surface area contributed by atoms with E-state index in [1.807, 2.05) is 19.1 Å². The zero-order valence-electron chi connectivity index (χ0n) is 16.9. The molecular weight excluding hydrogens is 406 g/mol. The van der Waals surface area contributed by atoms with Gasteiger partial charge in [-0.25, -0.2) is 4.99 Å². The lowest BCUT2D eigenvalue weighted by molar-refractivity contribution is -0.123. The Hall–Kier alpha value is -3.13. The predicted molar refractivity (Wildman–Crippen MR) is 118 cm³/mol. The third kappa shape index (κ3) is 7.04. The van der Waals surface area contributed by atoms with Gasteiger partial charge < -0.3 is 21.3 Å². The van der Waals surface area contributed by atoms with E-state index in [2.05, 4.69) is 21.7 Å². The summed E-state index contributed by atoms with van der Waals surface area (Å²) in [5, 5.41) is 5.46. The van der Waals surface area contributed by atoms with Crippen LogP contribution in [0, 0.1) is 0 Å². The molecule has 1 heterocycles. The van der Waals surface area contributed by atoms with Crippen LogP contribution in [0.1, 0.15) is 40.5 Å². The average molecular weight is 432 g/mol. The first-order chi connectivity index (χ1) is 14.4. The molecule has 1 aromatic rings. The number of nitrogens with one attached hydrogen (secondary N) is 2. The molecule has 1 saturated heterocycles. The molecule has 0 atom stereocenters. The van der Waals surface area contributed by atoms with Crippen LogP contribution in [0.25, 0.3) is 0 Å². The SMILES string of the molecule is C/C=C\CC/C=C/N=C(N)CNC(=O)c1ccc(C(=O)N2CCNC(=O)C2)c(Cl)c1. The molecule has 0 aromatic heterocycles. The molecule has 0 spiro atoms. The molecule has 1 aromatic carbocycles. The highest BCUT2D eigenvalue weighted by Gasteiger charge is 2.24. The highest BCUT2D eigenvalue weighted by Crippen LogP contribution is 2.20. The Morgan fingerprint density at radius 1 is 1.33 bits per heavy atom. The van der Waals surface area contributed by atoms with Crippen molar-refractivity contribution in [3.63, 3.8) is 0 Å². The van der Waals surface area contributed by atoms with Crippen molar-refractivity contribution in [3.05, 3.63) is 58.8 Å². The molecule has 0 radical (unpaired) electrons. The van der Waals surface area contributed by atoms with E-state index in [0.717, 1.165) is 12.8 Å². The van der Waals surface area contributed by atoms with E-state index in [4.69, 9.17) is 17.3 Å². The van der Waals surface area contributed by atoms with Crippen LogP contribution in [0.2, 0.25) is 5.02 Å². The third-order valence-corrected chi connectivity index (χ3v) is 4.61. The molecule has 1 aliphatic rings. The smallest absolute Gasteiger partial charge is 0.255 e. The molecule has 3 amide bonds. The number of aliphatic imine (C=N–C) groups is 1. The van der Waals surface area contributed by atoms with Crippen LogP contribution in [-0.4, -0.2) is 54.6 Å². The lowest BCUT2D eigenvalue weighted by atomic mass is 10.1. The fraction of sp³-hybridized carbons (Fsp3) is 0.333. The van der Waals surface area contributed by atoms with Crippen LogP contribution in [0.3, 0.4) is 0 Å². The fourth-order valence-corrected chi connectivity index (χ4v) is 2.97. The van der Waals surface area contributed by atoms with Crippen molar-refractivity contribution in [2.45, 2.75) is 19.8 Å². The van der Waals surface area contributed by atoms with Crippen LogP contribution < -0.4 is 16.4 Å². The molecule has 0 aliphatic carbocycles. The molecule has 160 valence electrons. The summed E-state index contributed by atoms with van der Waals surface area (Å²) in [5.74, 6) is -0.677. The quantitative estimate of drug-likeness (QED) is 0.252. The maximum Gasteiger partial charge on any atom is 0.255 e. The van der Waals surface area contributed by atoms with Crippen molar-refractivity contribution < 1.29 is 14.4 Å². The van der Waals surface area contributed by atoms with E-state index in [1.165, 1.54) is 23.1 Å². The van der Waals surface area contributed by atoms with Gasteiger partial charge in [-0.05, 0) is 38.0 Å². The molecular formula is C21H26ClN5O3. The standard InChI is InChI=1S/C21H26ClN5O3/c1-2-3-4-5-6-9-24-18(23)13-26-20(29)15-7-8-16(17(22)12-15)21(30)27-11-10-25-19(28)14-27/h2-3,6-9,12H,4-5,10-11,13-14H2,1H3,(H2,23,24)(H,25,28)(H,26,29)/b3-2-,9-6+. The van der Waals surface area contributed by atoms with Crippen LogP contribution in [0.15, 0.2) is 47.6 Å². The number of hydrogen-bond acceptors (Lipinski definition) is 4. The summed E-state index contributed by atoms with van der Waals surface area (Å²) in [6.45, 7) is 2.84. The van der Waals surface area contributed by atoms with Gasteiger partial charge in [-0.15, -0.1) is 0 Å². The van der Waals surface area contributed by atoms with Crippen molar-refractivity contribution >= 4 is 35.2 Å². The second-order valence-corrected chi connectivity index (χ2v) is 7.01. The number of rotatable bonds is 8. The van der Waals surface area contributed by atoms with Gasteiger partial charge in [0.1, 0.15) is 5.84 Å². The number of hydrogen-bond donors (Lipinski definition) is 3. The van der Waals surface area contributed by atoms with Gasteiger partial charge in [0.2, 0.25) is 5.91 Å². The van der Waals surface area contributed by atoms with E-state index in [0.29, 0.717) is 18.7 Å². The molecule has 0 unspecified atom stereocenters. The minimum atomic E-state index is -0.386. The highest BCUT2D eigenvalue weighted by molar-refractivity contribution is 6.34. The third-order valence-electron chi connectivity index (χ3n) is 4.30. The Bertz CT molecular complexity index is 879. The molecule has 2 rings (SSSR count). The second-order valence-electron chi connectivity index (χ2n) is 6.61. The van der Waals surface area contributed by atoms with Crippen LogP contribution >= 0.6 is 11.6 Å². The number of nitrogens with zero attached hydrogens (tertiary/aromatic N) is 2. The van der Waals surface area contributed by atoms with Crippen LogP contribution in [0.5, 0.6) is 0 Å². The first-order valence-corrected chi connectivity index (χ1v) is 10.0. The van der Waals surface area contributed by atoms with Crippen molar-refractivity contribution in [2.75, 3.05) is 26.2 Å². The maximum absolute atomic E-state index is 12.6. The number of nitrogens with two attached hydrogens (primary N) is 1. The Labute approximate surface area is 180 Å². The van der Waals surface area contributed by atoms with Gasteiger partial charge in [0.05, 0.1) is 23.7 Å². The molecule has 0 bridgehead atoms. The minimum Gasteiger partial charge on any atom is -0.386 e. The lowest BCUT2D eigenvalue weighted by Crippen LogP contribution is -2.50. The van der Waals surface area contributed by atoms with Gasteiger partial charge in [-0.3, -0.25) is 14.4 Å². The van der Waals surface area contributed by atoms with E-state index in [9.17, 15) is 14.4 Å². The predicted octanol–water partition coefficient (Wildman–Crippen LogP) is 1.87. The highest BCUT2D eigenvalue weighted by atomic mass is 35.5. The first-order valence-electron chi connectivity index (χ1n) is 9.64. The Balaban J connectivity index is 1.91. The van der Waals surface area contributed by atoms with Gasteiger partial charge in [-0.1, -0.05) is 29.8 Å². The zero-order valence-corrected chi connectivity index (χ0v) is 17.6. The van der Waals surface area contributed by atoms with Crippen LogP contribution in [-0.2, 0) is 4.79 Å². The number of halogens is 1. The van der Waals surface area contributed by atoms with E-state index < -0.39 is 0 Å². The van der Waals surface area contributed by atoms with Gasteiger partial charge in [-0.2, -0.15) is 0 Å². The van der Waals surface area contributed by atoms with Gasteiger partial charge in [0, 0.05) is 24.9 Å². The Kier molecular flexibility index (Phi) is 9.08.